The lowest BCUT2D eigenvalue weighted by Crippen LogP contribution is -1.85. The van der Waals surface area contributed by atoms with Gasteiger partial charge >= 0.3 is 6.35 Å². The normalized spacial score (nSPS) is 20.2. The van der Waals surface area contributed by atoms with Gasteiger partial charge in [0.2, 0.25) is 0 Å². The Balaban J connectivity index is 2.60. The van der Waals surface area contributed by atoms with Gasteiger partial charge in [-0.1, -0.05) is 0 Å². The maximum absolute atomic E-state index is 9.81. The first-order chi connectivity index (χ1) is 2.89. The lowest BCUT2D eigenvalue weighted by atomic mass is 11.1. The first-order valence-electron chi connectivity index (χ1n) is 1.35. The van der Waals surface area contributed by atoms with Crippen molar-refractivity contribution in [1.82, 2.24) is 0 Å². The van der Waals surface area contributed by atoms with Crippen molar-refractivity contribution < 1.29 is 5.11 Å². The zero-order valence-corrected chi connectivity index (χ0v) is 2.77. The molecule has 1 heterocycles. The number of hydrogen-bond acceptors (Lipinski definition) is 4. The summed E-state index contributed by atoms with van der Waals surface area (Å²) in [7, 11) is 0. The molecule has 0 bridgehead atoms. The Morgan fingerprint density at radius 3 is 1.83 bits per heavy atom. The van der Waals surface area contributed by atoms with Crippen LogP contribution in [0.25, 0.3) is 0 Å². The van der Waals surface area contributed by atoms with Crippen LogP contribution in [0.5, 0.6) is 0 Å². The van der Waals surface area contributed by atoms with E-state index >= 15 is 0 Å². The number of nitrogens with zero attached hydrogens (tertiary/aromatic N) is 4. The van der Waals surface area contributed by atoms with E-state index in [9.17, 15) is 5.11 Å². The molecule has 0 N–H and O–H groups in total. The molecule has 0 aromatic carbocycles. The Hall–Kier alpha value is -0.840. The third-order valence-corrected chi connectivity index (χ3v) is 0.341. The van der Waals surface area contributed by atoms with Gasteiger partial charge in [-0.15, -0.1) is 10.2 Å². The summed E-state index contributed by atoms with van der Waals surface area (Å²) in [4.78, 5) is 0. The summed E-state index contributed by atoms with van der Waals surface area (Å²) < 4.78 is 0. The summed E-state index contributed by atoms with van der Waals surface area (Å²) in [5.41, 5.74) is 0. The van der Waals surface area contributed by atoms with Crippen molar-refractivity contribution in [3.05, 3.63) is 0 Å². The zero-order valence-electron chi connectivity index (χ0n) is 2.77. The van der Waals surface area contributed by atoms with Gasteiger partial charge in [-0.3, -0.25) is 0 Å². The molecule has 0 atom stereocenters. The molecule has 0 saturated carbocycles. The first-order valence-corrected chi connectivity index (χ1v) is 1.35. The highest BCUT2D eigenvalue weighted by Gasteiger charge is 2.01. The Morgan fingerprint density at radius 2 is 1.67 bits per heavy atom. The van der Waals surface area contributed by atoms with Gasteiger partial charge < -0.3 is 0 Å². The van der Waals surface area contributed by atoms with Crippen LogP contribution >= 0.6 is 0 Å². The van der Waals surface area contributed by atoms with Gasteiger partial charge in [-0.2, -0.15) is 5.11 Å². The fraction of sp³-hybridized carbons (Fsp3) is 1.00. The monoisotopic (exact) mass is 85.0 g/mol. The van der Waals surface area contributed by atoms with Crippen LogP contribution in [0, 0.1) is 0 Å². The molecular weight excluding hydrogens is 84.0 g/mol. The van der Waals surface area contributed by atoms with Crippen molar-refractivity contribution in [2.75, 3.05) is 0 Å². The summed E-state index contributed by atoms with van der Waals surface area (Å²) in [5, 5.41) is 21.6. The first kappa shape index (κ1) is 3.35. The largest absolute Gasteiger partial charge is 0.315 e. The van der Waals surface area contributed by atoms with E-state index < -0.39 is 6.35 Å². The van der Waals surface area contributed by atoms with Gasteiger partial charge in [0.15, 0.2) is 0 Å². The second-order valence-corrected chi connectivity index (χ2v) is 0.736. The van der Waals surface area contributed by atoms with E-state index in [0.717, 1.165) is 0 Å². The molecule has 5 nitrogen and oxygen atoms in total. The Morgan fingerprint density at radius 1 is 1.17 bits per heavy atom. The summed E-state index contributed by atoms with van der Waals surface area (Å²) >= 11 is 0. The van der Waals surface area contributed by atoms with Gasteiger partial charge in [0.05, 0.1) is 0 Å². The predicted molar refractivity (Wildman–Crippen MR) is 14.2 cm³/mol. The van der Waals surface area contributed by atoms with Crippen LogP contribution in [0.3, 0.4) is 0 Å². The van der Waals surface area contributed by atoms with Crippen molar-refractivity contribution >= 4 is 0 Å². The molecule has 0 aliphatic carbocycles. The summed E-state index contributed by atoms with van der Waals surface area (Å²) in [6, 6.07) is 0. The maximum atomic E-state index is 9.81. The molecule has 31 valence electrons. The lowest BCUT2D eigenvalue weighted by Gasteiger charge is -1.72. The predicted octanol–water partition coefficient (Wildman–Crippen LogP) is 0.534. The third kappa shape index (κ3) is 0.389. The fourth-order valence-electron chi connectivity index (χ4n) is 0.158. The summed E-state index contributed by atoms with van der Waals surface area (Å²) in [5.74, 6) is 0. The molecule has 0 fully saturated rings. The van der Waals surface area contributed by atoms with Gasteiger partial charge in [0.25, 0.3) is 0 Å². The van der Waals surface area contributed by atoms with Crippen LogP contribution in [0.2, 0.25) is 0 Å². The highest BCUT2D eigenvalue weighted by molar-refractivity contribution is 4.39. The molecule has 0 amide bonds. The van der Waals surface area contributed by atoms with E-state index in [2.05, 4.69) is 20.7 Å². The van der Waals surface area contributed by atoms with Crippen LogP contribution in [0.1, 0.15) is 0 Å². The molecule has 0 spiro atoms. The molecule has 1 aliphatic heterocycles. The van der Waals surface area contributed by atoms with Crippen LogP contribution in [0.4, 0.5) is 0 Å². The molecule has 0 unspecified atom stereocenters. The molecule has 5 heteroatoms. The highest BCUT2D eigenvalue weighted by Crippen LogP contribution is 1.98. The van der Waals surface area contributed by atoms with Crippen molar-refractivity contribution in [1.29, 1.82) is 0 Å². The Kier molecular flexibility index (Phi) is 0.612. The van der Waals surface area contributed by atoms with E-state index in [4.69, 9.17) is 0 Å². The van der Waals surface area contributed by atoms with E-state index in [0.29, 0.717) is 0 Å². The average molecular weight is 85.0 g/mol. The Labute approximate surface area is 33.4 Å². The van der Waals surface area contributed by atoms with Crippen LogP contribution in [-0.4, -0.2) is 6.35 Å². The van der Waals surface area contributed by atoms with Crippen molar-refractivity contribution in [2.24, 2.45) is 20.7 Å². The minimum Gasteiger partial charge on any atom is -0.176 e. The van der Waals surface area contributed by atoms with Crippen molar-refractivity contribution in [2.45, 2.75) is 6.35 Å². The van der Waals surface area contributed by atoms with Crippen molar-refractivity contribution in [3.63, 3.8) is 0 Å². The van der Waals surface area contributed by atoms with Crippen LogP contribution < -0.4 is 0 Å². The average Bonchev–Trinajstić information content (AvgIpc) is 1.86. The molecule has 0 aromatic heterocycles. The molecule has 6 heavy (non-hydrogen) atoms. The quantitative estimate of drug-likeness (QED) is 0.411. The lowest BCUT2D eigenvalue weighted by molar-refractivity contribution is 0.102. The molecular formula is CHN4O. The van der Waals surface area contributed by atoms with Crippen LogP contribution in [-0.2, 0) is 5.11 Å². The second kappa shape index (κ2) is 1.09. The minimum atomic E-state index is -1.29. The minimum absolute atomic E-state index is 1.29. The topological polar surface area (TPSA) is 69.3 Å². The smallest absolute Gasteiger partial charge is 0.176 e. The Bertz CT molecular complexity index is 83.7. The van der Waals surface area contributed by atoms with Gasteiger partial charge in [0.1, 0.15) is 0 Å². The molecule has 0 aromatic rings. The van der Waals surface area contributed by atoms with Gasteiger partial charge in [-0.25, -0.2) is 0 Å². The van der Waals surface area contributed by atoms with E-state index in [1.807, 2.05) is 0 Å². The maximum Gasteiger partial charge on any atom is 0.315 e. The number of hydrogen-bond donors (Lipinski definition) is 0. The van der Waals surface area contributed by atoms with E-state index in [-0.39, 0.29) is 0 Å². The third-order valence-electron chi connectivity index (χ3n) is 0.341. The second-order valence-electron chi connectivity index (χ2n) is 0.736. The SMILES string of the molecule is [O]C1N=NN=N1. The highest BCUT2D eigenvalue weighted by atomic mass is 16.3. The van der Waals surface area contributed by atoms with Crippen LogP contribution in [0.15, 0.2) is 20.7 Å². The summed E-state index contributed by atoms with van der Waals surface area (Å²) in [6.07, 6.45) is -1.29. The van der Waals surface area contributed by atoms with Gasteiger partial charge in [-0.05, 0) is 10.4 Å². The van der Waals surface area contributed by atoms with E-state index in [1.165, 1.54) is 0 Å². The molecule has 1 radical (unpaired) electrons. The molecule has 0 saturated heterocycles. The van der Waals surface area contributed by atoms with Gasteiger partial charge in [0, 0.05) is 0 Å². The van der Waals surface area contributed by atoms with Crippen molar-refractivity contribution in [3.8, 4) is 0 Å². The number of rotatable bonds is 0. The standard InChI is InChI=1S/CHN4O/c6-1-2-4-5-3-1/h1H. The summed E-state index contributed by atoms with van der Waals surface area (Å²) in [6.45, 7) is 0. The fourth-order valence-corrected chi connectivity index (χ4v) is 0.158. The molecule has 1 aliphatic rings. The van der Waals surface area contributed by atoms with E-state index in [1.54, 1.807) is 0 Å². The zero-order chi connectivity index (χ0) is 4.41. The molecule has 1 rings (SSSR count).